The Hall–Kier alpha value is -1.09. The van der Waals surface area contributed by atoms with Crippen LogP contribution in [0, 0.1) is 0 Å². The van der Waals surface area contributed by atoms with Gasteiger partial charge in [0.15, 0.2) is 0 Å². The van der Waals surface area contributed by atoms with E-state index in [2.05, 4.69) is 16.8 Å². The van der Waals surface area contributed by atoms with E-state index in [-0.39, 0.29) is 5.75 Å². The van der Waals surface area contributed by atoms with Gasteiger partial charge >= 0.3 is 0 Å². The highest BCUT2D eigenvalue weighted by molar-refractivity contribution is 5.17. The average molecular weight is 166 g/mol. The molecule has 0 aromatic carbocycles. The topological polar surface area (TPSA) is 36.4 Å². The number of rotatable bonds is 3. The number of hydrogen-bond donors (Lipinski definition) is 1. The quantitative estimate of drug-likeness (QED) is 0.734. The van der Waals surface area contributed by atoms with Crippen molar-refractivity contribution in [2.75, 3.05) is 13.6 Å². The summed E-state index contributed by atoms with van der Waals surface area (Å²) in [5, 5.41) is 8.97. The summed E-state index contributed by atoms with van der Waals surface area (Å²) in [6, 6.07) is 3.49. The Kier molecular flexibility index (Phi) is 3.05. The van der Waals surface area contributed by atoms with Gasteiger partial charge in [-0.25, -0.2) is 0 Å². The number of aromatic nitrogens is 1. The van der Waals surface area contributed by atoms with Crippen LogP contribution in [0.2, 0.25) is 0 Å². The fraction of sp³-hybridized carbons (Fsp3) is 0.444. The minimum atomic E-state index is 0.220. The molecule has 3 nitrogen and oxygen atoms in total. The number of nitrogens with zero attached hydrogens (tertiary/aromatic N) is 2. The Labute approximate surface area is 72.7 Å². The van der Waals surface area contributed by atoms with Crippen molar-refractivity contribution in [2.24, 2.45) is 0 Å². The van der Waals surface area contributed by atoms with Crippen LogP contribution >= 0.6 is 0 Å². The lowest BCUT2D eigenvalue weighted by Gasteiger charge is -2.12. The van der Waals surface area contributed by atoms with Crippen LogP contribution in [0.15, 0.2) is 18.3 Å². The molecule has 1 rings (SSSR count). The summed E-state index contributed by atoms with van der Waals surface area (Å²) in [5.41, 5.74) is 0.983. The first kappa shape index (κ1) is 9.00. The largest absolute Gasteiger partial charge is 0.506 e. The Morgan fingerprint density at radius 3 is 2.75 bits per heavy atom. The van der Waals surface area contributed by atoms with Crippen LogP contribution in [0.3, 0.4) is 0 Å². The normalized spacial score (nSPS) is 10.6. The van der Waals surface area contributed by atoms with Gasteiger partial charge in [0.2, 0.25) is 0 Å². The molecular weight excluding hydrogens is 152 g/mol. The fourth-order valence-corrected chi connectivity index (χ4v) is 0.899. The van der Waals surface area contributed by atoms with E-state index in [0.717, 1.165) is 18.8 Å². The number of pyridine rings is 1. The molecule has 1 aromatic rings. The second kappa shape index (κ2) is 4.07. The third-order valence-electron chi connectivity index (χ3n) is 1.78. The molecule has 0 amide bonds. The zero-order valence-electron chi connectivity index (χ0n) is 7.49. The molecule has 0 atom stereocenters. The molecular formula is C9H14N2O. The van der Waals surface area contributed by atoms with E-state index in [9.17, 15) is 0 Å². The van der Waals surface area contributed by atoms with Crippen LogP contribution in [-0.4, -0.2) is 28.6 Å². The van der Waals surface area contributed by atoms with Crippen molar-refractivity contribution in [1.82, 2.24) is 9.88 Å². The molecule has 1 N–H and O–H groups in total. The van der Waals surface area contributed by atoms with Gasteiger partial charge in [0.25, 0.3) is 0 Å². The van der Waals surface area contributed by atoms with Gasteiger partial charge in [-0.05, 0) is 25.7 Å². The summed E-state index contributed by atoms with van der Waals surface area (Å²) in [6.07, 6.45) is 1.47. The van der Waals surface area contributed by atoms with Gasteiger partial charge in [-0.1, -0.05) is 6.92 Å². The van der Waals surface area contributed by atoms with Gasteiger partial charge in [0.05, 0.1) is 11.9 Å². The van der Waals surface area contributed by atoms with Crippen LogP contribution in [0.5, 0.6) is 5.75 Å². The first-order chi connectivity index (χ1) is 5.72. The lowest BCUT2D eigenvalue weighted by atomic mass is 10.3. The fourth-order valence-electron chi connectivity index (χ4n) is 0.899. The molecule has 3 heteroatoms. The maximum atomic E-state index is 8.97. The Morgan fingerprint density at radius 2 is 2.25 bits per heavy atom. The molecule has 1 heterocycles. The van der Waals surface area contributed by atoms with E-state index in [1.54, 1.807) is 6.07 Å². The lowest BCUT2D eigenvalue weighted by Crippen LogP contribution is -2.17. The van der Waals surface area contributed by atoms with Gasteiger partial charge in [-0.15, -0.1) is 0 Å². The lowest BCUT2D eigenvalue weighted by molar-refractivity contribution is 0.341. The smallest absolute Gasteiger partial charge is 0.133 e. The van der Waals surface area contributed by atoms with Crippen molar-refractivity contribution in [2.45, 2.75) is 13.5 Å². The van der Waals surface area contributed by atoms with Crippen LogP contribution in [0.4, 0.5) is 0 Å². The minimum Gasteiger partial charge on any atom is -0.506 e. The first-order valence-corrected chi connectivity index (χ1v) is 4.05. The molecule has 0 aliphatic carbocycles. The zero-order chi connectivity index (χ0) is 8.97. The molecule has 0 fully saturated rings. The van der Waals surface area contributed by atoms with Crippen molar-refractivity contribution >= 4 is 0 Å². The summed E-state index contributed by atoms with van der Waals surface area (Å²) < 4.78 is 0. The monoisotopic (exact) mass is 166 g/mol. The number of hydrogen-bond acceptors (Lipinski definition) is 3. The summed E-state index contributed by atoms with van der Waals surface area (Å²) in [7, 11) is 2.04. The van der Waals surface area contributed by atoms with Crippen molar-refractivity contribution in [3.8, 4) is 5.75 Å². The molecule has 0 saturated heterocycles. The molecule has 0 aliphatic heterocycles. The summed E-state index contributed by atoms with van der Waals surface area (Å²) in [5.74, 6) is 0.220. The van der Waals surface area contributed by atoms with Crippen molar-refractivity contribution in [3.05, 3.63) is 24.0 Å². The van der Waals surface area contributed by atoms with Crippen molar-refractivity contribution in [3.63, 3.8) is 0 Å². The third-order valence-corrected chi connectivity index (χ3v) is 1.78. The highest BCUT2D eigenvalue weighted by atomic mass is 16.3. The molecule has 12 heavy (non-hydrogen) atoms. The molecule has 0 spiro atoms. The maximum Gasteiger partial charge on any atom is 0.133 e. The predicted molar refractivity (Wildman–Crippen MR) is 47.9 cm³/mol. The SMILES string of the molecule is CCN(C)Cc1ccc(O)cn1. The average Bonchev–Trinajstić information content (AvgIpc) is 2.09. The molecule has 0 bridgehead atoms. The van der Waals surface area contributed by atoms with Crippen LogP contribution < -0.4 is 0 Å². The van der Waals surface area contributed by atoms with E-state index in [0.29, 0.717) is 0 Å². The van der Waals surface area contributed by atoms with E-state index in [1.165, 1.54) is 6.20 Å². The molecule has 0 saturated carbocycles. The Bertz CT molecular complexity index is 233. The van der Waals surface area contributed by atoms with E-state index >= 15 is 0 Å². The summed E-state index contributed by atoms with van der Waals surface area (Å²) in [6.45, 7) is 3.93. The van der Waals surface area contributed by atoms with Gasteiger partial charge in [0, 0.05) is 6.54 Å². The Morgan fingerprint density at radius 1 is 1.50 bits per heavy atom. The van der Waals surface area contributed by atoms with E-state index in [1.807, 2.05) is 13.1 Å². The second-order valence-corrected chi connectivity index (χ2v) is 2.84. The summed E-state index contributed by atoms with van der Waals surface area (Å²) in [4.78, 5) is 6.23. The molecule has 0 aliphatic rings. The molecule has 1 aromatic heterocycles. The first-order valence-electron chi connectivity index (χ1n) is 4.05. The predicted octanol–water partition coefficient (Wildman–Crippen LogP) is 1.24. The van der Waals surface area contributed by atoms with Crippen LogP contribution in [0.1, 0.15) is 12.6 Å². The molecule has 0 unspecified atom stereocenters. The van der Waals surface area contributed by atoms with Crippen LogP contribution in [-0.2, 0) is 6.54 Å². The highest BCUT2D eigenvalue weighted by Crippen LogP contribution is 2.06. The highest BCUT2D eigenvalue weighted by Gasteiger charge is 1.98. The minimum absolute atomic E-state index is 0.220. The summed E-state index contributed by atoms with van der Waals surface area (Å²) >= 11 is 0. The van der Waals surface area contributed by atoms with Gasteiger partial charge in [0.1, 0.15) is 5.75 Å². The number of aromatic hydroxyl groups is 1. The van der Waals surface area contributed by atoms with E-state index in [4.69, 9.17) is 5.11 Å². The second-order valence-electron chi connectivity index (χ2n) is 2.84. The van der Waals surface area contributed by atoms with E-state index < -0.39 is 0 Å². The molecule has 0 radical (unpaired) electrons. The Balaban J connectivity index is 2.58. The van der Waals surface area contributed by atoms with Gasteiger partial charge in [-0.2, -0.15) is 0 Å². The standard InChI is InChI=1S/C9H14N2O/c1-3-11(2)7-8-4-5-9(12)6-10-8/h4-6,12H,3,7H2,1-2H3. The van der Waals surface area contributed by atoms with Gasteiger partial charge < -0.3 is 10.0 Å². The maximum absolute atomic E-state index is 8.97. The zero-order valence-corrected chi connectivity index (χ0v) is 7.49. The third kappa shape index (κ3) is 2.51. The van der Waals surface area contributed by atoms with Crippen LogP contribution in [0.25, 0.3) is 0 Å². The van der Waals surface area contributed by atoms with Crippen molar-refractivity contribution < 1.29 is 5.11 Å². The molecule has 66 valence electrons. The van der Waals surface area contributed by atoms with Crippen molar-refractivity contribution in [1.29, 1.82) is 0 Å². The van der Waals surface area contributed by atoms with Gasteiger partial charge in [-0.3, -0.25) is 4.98 Å².